The van der Waals surface area contributed by atoms with Crippen molar-refractivity contribution in [3.63, 3.8) is 0 Å². The molecule has 7 nitrogen and oxygen atoms in total. The normalized spacial score (nSPS) is 17.8. The van der Waals surface area contributed by atoms with Gasteiger partial charge in [0.2, 0.25) is 11.9 Å². The number of carbonyl (C=O) groups is 1. The highest BCUT2D eigenvalue weighted by Gasteiger charge is 2.23. The van der Waals surface area contributed by atoms with Crippen molar-refractivity contribution in [1.29, 1.82) is 0 Å². The average Bonchev–Trinajstić information content (AvgIpc) is 2.56. The molecule has 23 heavy (non-hydrogen) atoms. The first-order valence-corrected chi connectivity index (χ1v) is 7.32. The maximum Gasteiger partial charge on any atom is 0.407 e. The minimum Gasteiger partial charge on any atom is -0.465 e. The Hall–Kier alpha value is -2.77. The van der Waals surface area contributed by atoms with E-state index in [0.717, 1.165) is 12.8 Å². The van der Waals surface area contributed by atoms with Crippen LogP contribution >= 0.6 is 0 Å². The molecule has 1 unspecified atom stereocenters. The lowest BCUT2D eigenvalue weighted by Gasteiger charge is -2.31. The van der Waals surface area contributed by atoms with Crippen molar-refractivity contribution in [3.05, 3.63) is 36.5 Å². The Bertz CT molecular complexity index is 712. The Labute approximate surface area is 132 Å². The summed E-state index contributed by atoms with van der Waals surface area (Å²) in [6.45, 7) is 0.916. The Kier molecular flexibility index (Phi) is 4.31. The second kappa shape index (κ2) is 6.55. The molecule has 1 amide bonds. The smallest absolute Gasteiger partial charge is 0.407 e. The van der Waals surface area contributed by atoms with Crippen molar-refractivity contribution in [3.8, 4) is 11.3 Å². The first kappa shape index (κ1) is 15.1. The molecule has 8 heteroatoms. The van der Waals surface area contributed by atoms with Gasteiger partial charge in [-0.05, 0) is 31.0 Å². The largest absolute Gasteiger partial charge is 0.465 e. The average molecular weight is 317 g/mol. The molecule has 2 aromatic heterocycles. The van der Waals surface area contributed by atoms with Gasteiger partial charge in [-0.1, -0.05) is 0 Å². The SMILES string of the molecule is O=C(O)N1CCCC(Nc2nccc(-c3cccnc3F)n2)C1. The summed E-state index contributed by atoms with van der Waals surface area (Å²) in [5.41, 5.74) is 0.729. The quantitative estimate of drug-likeness (QED) is 0.844. The number of hydrogen-bond donors (Lipinski definition) is 2. The topological polar surface area (TPSA) is 91.2 Å². The van der Waals surface area contributed by atoms with Gasteiger partial charge in [0.05, 0.1) is 11.3 Å². The molecule has 120 valence electrons. The van der Waals surface area contributed by atoms with Crippen LogP contribution in [0.3, 0.4) is 0 Å². The van der Waals surface area contributed by atoms with E-state index in [-0.39, 0.29) is 6.04 Å². The minimum absolute atomic E-state index is 0.0613. The van der Waals surface area contributed by atoms with Crippen molar-refractivity contribution < 1.29 is 14.3 Å². The van der Waals surface area contributed by atoms with Crippen LogP contribution in [-0.2, 0) is 0 Å². The van der Waals surface area contributed by atoms with E-state index < -0.39 is 12.0 Å². The molecule has 3 rings (SSSR count). The zero-order valence-electron chi connectivity index (χ0n) is 12.3. The fourth-order valence-corrected chi connectivity index (χ4v) is 2.61. The van der Waals surface area contributed by atoms with Crippen molar-refractivity contribution in [2.45, 2.75) is 18.9 Å². The van der Waals surface area contributed by atoms with Gasteiger partial charge in [-0.3, -0.25) is 0 Å². The van der Waals surface area contributed by atoms with E-state index in [1.165, 1.54) is 17.3 Å². The Morgan fingerprint density at radius 3 is 3.00 bits per heavy atom. The van der Waals surface area contributed by atoms with E-state index in [0.29, 0.717) is 30.3 Å². The number of amides is 1. The van der Waals surface area contributed by atoms with Gasteiger partial charge >= 0.3 is 6.09 Å². The van der Waals surface area contributed by atoms with E-state index in [9.17, 15) is 9.18 Å². The van der Waals surface area contributed by atoms with Crippen LogP contribution in [0.15, 0.2) is 30.6 Å². The molecule has 0 bridgehead atoms. The molecule has 0 saturated carbocycles. The van der Waals surface area contributed by atoms with Crippen LogP contribution in [-0.4, -0.2) is 50.2 Å². The van der Waals surface area contributed by atoms with E-state index in [4.69, 9.17) is 5.11 Å². The van der Waals surface area contributed by atoms with Crippen LogP contribution < -0.4 is 5.32 Å². The third-order valence-corrected chi connectivity index (χ3v) is 3.72. The molecule has 1 aliphatic rings. The van der Waals surface area contributed by atoms with Crippen molar-refractivity contribution in [2.75, 3.05) is 18.4 Å². The van der Waals surface area contributed by atoms with Crippen molar-refractivity contribution in [1.82, 2.24) is 19.9 Å². The standard InChI is InChI=1S/C15H16FN5O2/c16-13-11(4-1-6-17-13)12-5-7-18-14(20-12)19-10-3-2-8-21(9-10)15(22)23/h1,4-7,10H,2-3,8-9H2,(H,22,23)(H,18,19,20). The molecule has 1 atom stereocenters. The summed E-state index contributed by atoms with van der Waals surface area (Å²) in [6, 6.07) is 4.78. The summed E-state index contributed by atoms with van der Waals surface area (Å²) in [7, 11) is 0. The first-order valence-electron chi connectivity index (χ1n) is 7.32. The van der Waals surface area contributed by atoms with E-state index in [1.54, 1.807) is 18.2 Å². The van der Waals surface area contributed by atoms with E-state index in [1.807, 2.05) is 0 Å². The van der Waals surface area contributed by atoms with E-state index in [2.05, 4.69) is 20.3 Å². The molecule has 3 heterocycles. The van der Waals surface area contributed by atoms with Crippen LogP contribution in [0.4, 0.5) is 15.1 Å². The summed E-state index contributed by atoms with van der Waals surface area (Å²) in [5.74, 6) is -0.241. The number of halogens is 1. The number of rotatable bonds is 3. The number of nitrogens with one attached hydrogen (secondary N) is 1. The molecule has 1 saturated heterocycles. The fraction of sp³-hybridized carbons (Fsp3) is 0.333. The highest BCUT2D eigenvalue weighted by molar-refractivity contribution is 5.65. The van der Waals surface area contributed by atoms with Crippen LogP contribution in [0, 0.1) is 5.95 Å². The van der Waals surface area contributed by atoms with Gasteiger partial charge in [-0.15, -0.1) is 0 Å². The number of piperidine rings is 1. The summed E-state index contributed by atoms with van der Waals surface area (Å²) in [4.78, 5) is 24.5. The molecule has 2 aromatic rings. The lowest BCUT2D eigenvalue weighted by Crippen LogP contribution is -2.44. The van der Waals surface area contributed by atoms with Crippen molar-refractivity contribution in [2.24, 2.45) is 0 Å². The zero-order valence-corrected chi connectivity index (χ0v) is 12.3. The maximum absolute atomic E-state index is 13.7. The molecule has 1 fully saturated rings. The number of carboxylic acid groups (broad SMARTS) is 1. The molecule has 0 aliphatic carbocycles. The molecule has 1 aliphatic heterocycles. The number of hydrogen-bond acceptors (Lipinski definition) is 5. The van der Waals surface area contributed by atoms with Gasteiger partial charge in [0, 0.05) is 31.5 Å². The van der Waals surface area contributed by atoms with Gasteiger partial charge in [0.1, 0.15) is 0 Å². The summed E-state index contributed by atoms with van der Waals surface area (Å²) in [6.07, 6.45) is 3.60. The van der Waals surface area contributed by atoms with Crippen LogP contribution in [0.25, 0.3) is 11.3 Å². The number of aromatic nitrogens is 3. The Morgan fingerprint density at radius 2 is 2.22 bits per heavy atom. The summed E-state index contributed by atoms with van der Waals surface area (Å²) >= 11 is 0. The molecular formula is C15H16FN5O2. The van der Waals surface area contributed by atoms with Crippen LogP contribution in [0.1, 0.15) is 12.8 Å². The molecule has 0 aromatic carbocycles. The summed E-state index contributed by atoms with van der Waals surface area (Å²) < 4.78 is 13.7. The number of pyridine rings is 1. The van der Waals surface area contributed by atoms with Gasteiger partial charge in [0.15, 0.2) is 0 Å². The maximum atomic E-state index is 13.7. The number of anilines is 1. The lowest BCUT2D eigenvalue weighted by atomic mass is 10.1. The summed E-state index contributed by atoms with van der Waals surface area (Å²) in [5, 5.41) is 12.2. The third kappa shape index (κ3) is 3.53. The fourth-order valence-electron chi connectivity index (χ4n) is 2.61. The van der Waals surface area contributed by atoms with Gasteiger partial charge in [-0.2, -0.15) is 4.39 Å². The number of nitrogens with zero attached hydrogens (tertiary/aromatic N) is 4. The van der Waals surface area contributed by atoms with Gasteiger partial charge < -0.3 is 15.3 Å². The van der Waals surface area contributed by atoms with Crippen molar-refractivity contribution >= 4 is 12.0 Å². The minimum atomic E-state index is -0.927. The predicted octanol–water partition coefficient (Wildman–Crippen LogP) is 2.23. The monoisotopic (exact) mass is 317 g/mol. The van der Waals surface area contributed by atoms with Crippen LogP contribution in [0.5, 0.6) is 0 Å². The Balaban J connectivity index is 1.76. The molecular weight excluding hydrogens is 301 g/mol. The van der Waals surface area contributed by atoms with Gasteiger partial charge in [0.25, 0.3) is 0 Å². The first-order chi connectivity index (χ1) is 11.1. The second-order valence-corrected chi connectivity index (χ2v) is 5.32. The second-order valence-electron chi connectivity index (χ2n) is 5.32. The van der Waals surface area contributed by atoms with Crippen LogP contribution in [0.2, 0.25) is 0 Å². The third-order valence-electron chi connectivity index (χ3n) is 3.72. The zero-order chi connectivity index (χ0) is 16.2. The van der Waals surface area contributed by atoms with Gasteiger partial charge in [-0.25, -0.2) is 19.7 Å². The molecule has 0 spiro atoms. The highest BCUT2D eigenvalue weighted by Crippen LogP contribution is 2.20. The number of likely N-dealkylation sites (tertiary alicyclic amines) is 1. The molecule has 0 radical (unpaired) electrons. The lowest BCUT2D eigenvalue weighted by molar-refractivity contribution is 0.132. The highest BCUT2D eigenvalue weighted by atomic mass is 19.1. The Morgan fingerprint density at radius 1 is 1.35 bits per heavy atom. The predicted molar refractivity (Wildman–Crippen MR) is 81.5 cm³/mol. The molecule has 2 N–H and O–H groups in total. The van der Waals surface area contributed by atoms with E-state index >= 15 is 0 Å².